The summed E-state index contributed by atoms with van der Waals surface area (Å²) in [4.78, 5) is 0. The van der Waals surface area contributed by atoms with Crippen LogP contribution < -0.4 is 10.1 Å². The molecule has 0 radical (unpaired) electrons. The van der Waals surface area contributed by atoms with Crippen LogP contribution in [0.4, 0.5) is 0 Å². The number of nitrogens with zero attached hydrogens (tertiary/aromatic N) is 2. The number of halogens is 1. The summed E-state index contributed by atoms with van der Waals surface area (Å²) in [7, 11) is 3.67. The first-order valence-electron chi connectivity index (χ1n) is 7.19. The molecule has 1 aromatic carbocycles. The predicted octanol–water partition coefficient (Wildman–Crippen LogP) is 3.47. The molecular formula is C16H22BrN3O. The van der Waals surface area contributed by atoms with Crippen molar-refractivity contribution >= 4 is 15.9 Å². The average molecular weight is 352 g/mol. The molecule has 0 bridgehead atoms. The van der Waals surface area contributed by atoms with Crippen LogP contribution in [0.25, 0.3) is 0 Å². The minimum atomic E-state index is 0.326. The molecule has 1 N–H and O–H groups in total. The van der Waals surface area contributed by atoms with Gasteiger partial charge >= 0.3 is 0 Å². The lowest BCUT2D eigenvalue weighted by Gasteiger charge is -2.19. The van der Waals surface area contributed by atoms with Gasteiger partial charge in [0.05, 0.1) is 11.6 Å². The quantitative estimate of drug-likeness (QED) is 0.829. The van der Waals surface area contributed by atoms with Gasteiger partial charge in [0.25, 0.3) is 0 Å². The summed E-state index contributed by atoms with van der Waals surface area (Å²) >= 11 is 3.56. The zero-order valence-electron chi connectivity index (χ0n) is 12.8. The molecule has 2 aromatic rings. The number of aryl methyl sites for hydroxylation is 2. The molecule has 1 unspecified atom stereocenters. The molecule has 2 rings (SSSR count). The molecule has 0 amide bonds. The molecule has 0 aliphatic carbocycles. The number of aromatic nitrogens is 2. The summed E-state index contributed by atoms with van der Waals surface area (Å²) in [5.74, 6) is 0.862. The summed E-state index contributed by atoms with van der Waals surface area (Å²) in [6.07, 6.45) is 3.88. The van der Waals surface area contributed by atoms with Gasteiger partial charge in [-0.05, 0) is 59.1 Å². The van der Waals surface area contributed by atoms with Crippen molar-refractivity contribution in [2.24, 2.45) is 7.05 Å². The Balaban J connectivity index is 2.11. The Morgan fingerprint density at radius 2 is 2.19 bits per heavy atom. The largest absolute Gasteiger partial charge is 0.496 e. The smallest absolute Gasteiger partial charge is 0.133 e. The molecule has 1 atom stereocenters. The van der Waals surface area contributed by atoms with E-state index in [-0.39, 0.29) is 0 Å². The van der Waals surface area contributed by atoms with Crippen LogP contribution in [-0.2, 0) is 13.5 Å². The number of hydrogen-bond donors (Lipinski definition) is 1. The molecule has 1 heterocycles. The van der Waals surface area contributed by atoms with E-state index in [1.165, 1.54) is 11.3 Å². The second-order valence-electron chi connectivity index (χ2n) is 4.99. The van der Waals surface area contributed by atoms with Crippen LogP contribution in [0, 0.1) is 0 Å². The third-order valence-corrected chi connectivity index (χ3v) is 4.26. The Kier molecular flexibility index (Phi) is 5.82. The van der Waals surface area contributed by atoms with Crippen molar-refractivity contribution in [2.75, 3.05) is 13.7 Å². The maximum absolute atomic E-state index is 5.30. The standard InChI is InChI=1S/C16H22BrN3O/c1-4-18-15(7-6-13-9-10-19-20(13)2)12-5-8-16(21-3)14(17)11-12/h5,8-11,15,18H,4,6-7H2,1-3H3. The normalized spacial score (nSPS) is 12.4. The first kappa shape index (κ1) is 16.0. The molecule has 4 nitrogen and oxygen atoms in total. The Morgan fingerprint density at radius 3 is 2.76 bits per heavy atom. The van der Waals surface area contributed by atoms with E-state index in [1.807, 2.05) is 24.0 Å². The van der Waals surface area contributed by atoms with E-state index >= 15 is 0 Å². The summed E-state index contributed by atoms with van der Waals surface area (Å²) < 4.78 is 8.22. The van der Waals surface area contributed by atoms with Gasteiger partial charge in [0.2, 0.25) is 0 Å². The van der Waals surface area contributed by atoms with E-state index in [0.717, 1.165) is 29.6 Å². The minimum Gasteiger partial charge on any atom is -0.496 e. The Morgan fingerprint density at radius 1 is 1.38 bits per heavy atom. The molecule has 0 aliphatic rings. The van der Waals surface area contributed by atoms with Gasteiger partial charge in [-0.1, -0.05) is 13.0 Å². The van der Waals surface area contributed by atoms with Gasteiger partial charge in [0, 0.05) is 25.0 Å². The van der Waals surface area contributed by atoms with Crippen LogP contribution in [0.2, 0.25) is 0 Å². The Hall–Kier alpha value is -1.33. The fraction of sp³-hybridized carbons (Fsp3) is 0.438. The number of methoxy groups -OCH3 is 1. The fourth-order valence-electron chi connectivity index (χ4n) is 2.47. The van der Waals surface area contributed by atoms with Crippen LogP contribution in [0.15, 0.2) is 34.9 Å². The molecule has 0 saturated heterocycles. The Labute approximate surface area is 134 Å². The van der Waals surface area contributed by atoms with E-state index in [9.17, 15) is 0 Å². The van der Waals surface area contributed by atoms with Crippen LogP contribution in [0.3, 0.4) is 0 Å². The first-order chi connectivity index (χ1) is 10.2. The van der Waals surface area contributed by atoms with Crippen LogP contribution in [-0.4, -0.2) is 23.4 Å². The van der Waals surface area contributed by atoms with Crippen molar-refractivity contribution in [3.05, 3.63) is 46.2 Å². The summed E-state index contributed by atoms with van der Waals surface area (Å²) in [6.45, 7) is 3.08. The second kappa shape index (κ2) is 7.61. The van der Waals surface area contributed by atoms with Crippen molar-refractivity contribution in [1.82, 2.24) is 15.1 Å². The zero-order chi connectivity index (χ0) is 15.2. The highest BCUT2D eigenvalue weighted by molar-refractivity contribution is 9.10. The summed E-state index contributed by atoms with van der Waals surface area (Å²) in [5, 5.41) is 7.78. The van der Waals surface area contributed by atoms with Crippen molar-refractivity contribution < 1.29 is 4.74 Å². The van der Waals surface area contributed by atoms with Crippen molar-refractivity contribution in [3.63, 3.8) is 0 Å². The maximum atomic E-state index is 5.30. The third-order valence-electron chi connectivity index (χ3n) is 3.64. The van der Waals surface area contributed by atoms with Crippen molar-refractivity contribution in [2.45, 2.75) is 25.8 Å². The molecule has 0 spiro atoms. The molecule has 5 heteroatoms. The maximum Gasteiger partial charge on any atom is 0.133 e. The molecule has 0 aliphatic heterocycles. The Bertz CT molecular complexity index is 583. The number of hydrogen-bond acceptors (Lipinski definition) is 3. The second-order valence-corrected chi connectivity index (χ2v) is 5.84. The highest BCUT2D eigenvalue weighted by Gasteiger charge is 2.13. The molecule has 0 saturated carbocycles. The van der Waals surface area contributed by atoms with Gasteiger partial charge < -0.3 is 10.1 Å². The highest BCUT2D eigenvalue weighted by atomic mass is 79.9. The van der Waals surface area contributed by atoms with Crippen LogP contribution >= 0.6 is 15.9 Å². The molecule has 21 heavy (non-hydrogen) atoms. The van der Waals surface area contributed by atoms with E-state index < -0.39 is 0 Å². The average Bonchev–Trinajstić information content (AvgIpc) is 2.89. The lowest BCUT2D eigenvalue weighted by atomic mass is 10.0. The van der Waals surface area contributed by atoms with Crippen LogP contribution in [0.1, 0.15) is 30.6 Å². The van der Waals surface area contributed by atoms with E-state index in [4.69, 9.17) is 4.74 Å². The van der Waals surface area contributed by atoms with Gasteiger partial charge in [-0.25, -0.2) is 0 Å². The number of ether oxygens (including phenoxy) is 1. The van der Waals surface area contributed by atoms with Crippen LogP contribution in [0.5, 0.6) is 5.75 Å². The van der Waals surface area contributed by atoms with E-state index in [2.05, 4.69) is 51.5 Å². The van der Waals surface area contributed by atoms with Gasteiger partial charge in [-0.3, -0.25) is 4.68 Å². The molecule has 0 fully saturated rings. The minimum absolute atomic E-state index is 0.326. The van der Waals surface area contributed by atoms with Gasteiger partial charge in [-0.15, -0.1) is 0 Å². The third kappa shape index (κ3) is 4.08. The molecular weight excluding hydrogens is 330 g/mol. The molecule has 114 valence electrons. The van der Waals surface area contributed by atoms with Crippen molar-refractivity contribution in [3.8, 4) is 5.75 Å². The monoisotopic (exact) mass is 351 g/mol. The lowest BCUT2D eigenvalue weighted by Crippen LogP contribution is -2.22. The fourth-order valence-corrected chi connectivity index (χ4v) is 3.03. The zero-order valence-corrected chi connectivity index (χ0v) is 14.4. The SMILES string of the molecule is CCNC(CCc1ccnn1C)c1ccc(OC)c(Br)c1. The highest BCUT2D eigenvalue weighted by Crippen LogP contribution is 2.29. The topological polar surface area (TPSA) is 39.1 Å². The van der Waals surface area contributed by atoms with Gasteiger partial charge in [0.1, 0.15) is 5.75 Å². The predicted molar refractivity (Wildman–Crippen MR) is 88.6 cm³/mol. The number of benzene rings is 1. The van der Waals surface area contributed by atoms with Crippen molar-refractivity contribution in [1.29, 1.82) is 0 Å². The van der Waals surface area contributed by atoms with Gasteiger partial charge in [-0.2, -0.15) is 5.10 Å². The number of nitrogens with one attached hydrogen (secondary N) is 1. The van der Waals surface area contributed by atoms with E-state index in [0.29, 0.717) is 6.04 Å². The first-order valence-corrected chi connectivity index (χ1v) is 7.98. The lowest BCUT2D eigenvalue weighted by molar-refractivity contribution is 0.411. The molecule has 1 aromatic heterocycles. The number of rotatable bonds is 7. The summed E-state index contributed by atoms with van der Waals surface area (Å²) in [5.41, 5.74) is 2.53. The van der Waals surface area contributed by atoms with Gasteiger partial charge in [0.15, 0.2) is 0 Å². The summed E-state index contributed by atoms with van der Waals surface area (Å²) in [6, 6.07) is 8.67. The van der Waals surface area contributed by atoms with E-state index in [1.54, 1.807) is 7.11 Å².